The summed E-state index contributed by atoms with van der Waals surface area (Å²) in [5, 5.41) is 0. The van der Waals surface area contributed by atoms with Crippen molar-refractivity contribution in [1.29, 1.82) is 0 Å². The quantitative estimate of drug-likeness (QED) is 0.692. The molecule has 0 aliphatic carbocycles. The second-order valence-corrected chi connectivity index (χ2v) is 6.31. The van der Waals surface area contributed by atoms with Gasteiger partial charge in [-0.05, 0) is 30.1 Å². The van der Waals surface area contributed by atoms with E-state index in [0.29, 0.717) is 11.3 Å². The summed E-state index contributed by atoms with van der Waals surface area (Å²) in [7, 11) is 2.21. The monoisotopic (exact) mass is 217 g/mol. The van der Waals surface area contributed by atoms with E-state index in [2.05, 4.69) is 59.2 Å². The van der Waals surface area contributed by atoms with Gasteiger partial charge in [0.15, 0.2) is 0 Å². The topological polar surface area (TPSA) is 3.24 Å². The second-order valence-electron chi connectivity index (χ2n) is 5.94. The van der Waals surface area contributed by atoms with Gasteiger partial charge in [0.05, 0.1) is 0 Å². The van der Waals surface area contributed by atoms with Crippen molar-refractivity contribution in [2.75, 3.05) is 25.9 Å². The maximum absolute atomic E-state index is 4.41. The van der Waals surface area contributed by atoms with Gasteiger partial charge in [0.1, 0.15) is 0 Å². The van der Waals surface area contributed by atoms with Crippen LogP contribution in [0, 0.1) is 17.3 Å². The predicted molar refractivity (Wildman–Crippen MR) is 69.1 cm³/mol. The third-order valence-electron chi connectivity index (χ3n) is 2.47. The summed E-state index contributed by atoms with van der Waals surface area (Å²) in [6, 6.07) is 0. The zero-order chi connectivity index (χ0) is 11.4. The first kappa shape index (κ1) is 14.3. The molecule has 0 N–H and O–H groups in total. The molecule has 0 saturated carbocycles. The summed E-state index contributed by atoms with van der Waals surface area (Å²) in [4.78, 5) is 2.43. The lowest BCUT2D eigenvalue weighted by molar-refractivity contribution is 0.189. The van der Waals surface area contributed by atoms with E-state index in [9.17, 15) is 0 Å². The molecule has 0 aliphatic rings. The van der Waals surface area contributed by atoms with Gasteiger partial charge in [-0.25, -0.2) is 0 Å². The first-order valence-corrected chi connectivity index (χ1v) is 6.19. The summed E-state index contributed by atoms with van der Waals surface area (Å²) >= 11 is 4.41. The molecular weight excluding hydrogens is 190 g/mol. The lowest BCUT2D eigenvalue weighted by atomic mass is 9.93. The number of hydrogen-bond donors (Lipinski definition) is 1. The van der Waals surface area contributed by atoms with Gasteiger partial charge in [-0.3, -0.25) is 0 Å². The Morgan fingerprint density at radius 3 is 2.00 bits per heavy atom. The second kappa shape index (κ2) is 6.02. The van der Waals surface area contributed by atoms with Crippen molar-refractivity contribution in [3.63, 3.8) is 0 Å². The molecule has 1 unspecified atom stereocenters. The van der Waals surface area contributed by atoms with Gasteiger partial charge in [-0.15, -0.1) is 0 Å². The molecule has 0 aromatic heterocycles. The van der Waals surface area contributed by atoms with Gasteiger partial charge < -0.3 is 4.90 Å². The van der Waals surface area contributed by atoms with Crippen molar-refractivity contribution in [2.45, 2.75) is 34.6 Å². The standard InChI is InChI=1S/C12H27NS/c1-10(2)11(8-14)7-13(6)9-12(3,4)5/h10-11,14H,7-9H2,1-6H3. The lowest BCUT2D eigenvalue weighted by Crippen LogP contribution is -2.35. The average molecular weight is 217 g/mol. The van der Waals surface area contributed by atoms with E-state index in [1.807, 2.05) is 0 Å². The molecule has 14 heavy (non-hydrogen) atoms. The zero-order valence-corrected chi connectivity index (χ0v) is 11.6. The maximum Gasteiger partial charge on any atom is 0.00271 e. The van der Waals surface area contributed by atoms with Crippen LogP contribution in [0.3, 0.4) is 0 Å². The highest BCUT2D eigenvalue weighted by molar-refractivity contribution is 7.80. The number of thiol groups is 1. The highest BCUT2D eigenvalue weighted by Crippen LogP contribution is 2.18. The molecule has 1 nitrogen and oxygen atoms in total. The molecule has 0 heterocycles. The summed E-state index contributed by atoms with van der Waals surface area (Å²) in [5.74, 6) is 2.44. The van der Waals surface area contributed by atoms with Crippen LogP contribution in [0.2, 0.25) is 0 Å². The fourth-order valence-corrected chi connectivity index (χ4v) is 2.29. The van der Waals surface area contributed by atoms with E-state index in [1.54, 1.807) is 0 Å². The minimum Gasteiger partial charge on any atom is -0.306 e. The molecule has 0 aliphatic heterocycles. The minimum absolute atomic E-state index is 0.396. The Bertz CT molecular complexity index is 149. The van der Waals surface area contributed by atoms with Crippen LogP contribution in [-0.2, 0) is 0 Å². The Morgan fingerprint density at radius 2 is 1.71 bits per heavy atom. The summed E-state index contributed by atoms with van der Waals surface area (Å²) < 4.78 is 0. The Morgan fingerprint density at radius 1 is 1.21 bits per heavy atom. The molecular formula is C12H27NS. The highest BCUT2D eigenvalue weighted by Gasteiger charge is 2.18. The summed E-state index contributed by atoms with van der Waals surface area (Å²) in [6.07, 6.45) is 0. The van der Waals surface area contributed by atoms with Gasteiger partial charge in [-0.2, -0.15) is 12.6 Å². The number of hydrogen-bond acceptors (Lipinski definition) is 2. The molecule has 0 fully saturated rings. The third-order valence-corrected chi connectivity index (χ3v) is 2.94. The fraction of sp³-hybridized carbons (Fsp3) is 1.00. The molecule has 0 bridgehead atoms. The molecule has 0 radical (unpaired) electrons. The molecule has 0 aromatic carbocycles. The largest absolute Gasteiger partial charge is 0.306 e. The normalized spacial score (nSPS) is 15.2. The van der Waals surface area contributed by atoms with Gasteiger partial charge in [0.2, 0.25) is 0 Å². The number of rotatable bonds is 5. The van der Waals surface area contributed by atoms with Gasteiger partial charge >= 0.3 is 0 Å². The van der Waals surface area contributed by atoms with E-state index >= 15 is 0 Å². The molecule has 0 amide bonds. The SMILES string of the molecule is CC(C)C(CS)CN(C)CC(C)(C)C. The minimum atomic E-state index is 0.396. The van der Waals surface area contributed by atoms with E-state index < -0.39 is 0 Å². The van der Waals surface area contributed by atoms with Crippen molar-refractivity contribution >= 4 is 12.6 Å². The molecule has 2 heteroatoms. The fourth-order valence-electron chi connectivity index (χ4n) is 1.75. The van der Waals surface area contributed by atoms with E-state index in [-0.39, 0.29) is 0 Å². The Kier molecular flexibility index (Phi) is 6.15. The van der Waals surface area contributed by atoms with Gasteiger partial charge in [0, 0.05) is 13.1 Å². The average Bonchev–Trinajstić information content (AvgIpc) is 1.96. The van der Waals surface area contributed by atoms with Gasteiger partial charge in [0.25, 0.3) is 0 Å². The van der Waals surface area contributed by atoms with E-state index in [1.165, 1.54) is 6.54 Å². The van der Waals surface area contributed by atoms with Crippen LogP contribution in [0.1, 0.15) is 34.6 Å². The molecule has 0 aromatic rings. The number of nitrogens with zero attached hydrogens (tertiary/aromatic N) is 1. The van der Waals surface area contributed by atoms with Crippen molar-refractivity contribution < 1.29 is 0 Å². The van der Waals surface area contributed by atoms with Crippen LogP contribution in [0.5, 0.6) is 0 Å². The van der Waals surface area contributed by atoms with Crippen molar-refractivity contribution in [2.24, 2.45) is 17.3 Å². The van der Waals surface area contributed by atoms with Crippen LogP contribution in [0.4, 0.5) is 0 Å². The third kappa shape index (κ3) is 6.72. The van der Waals surface area contributed by atoms with Crippen LogP contribution < -0.4 is 0 Å². The Labute approximate surface area is 95.7 Å². The predicted octanol–water partition coefficient (Wildman–Crippen LogP) is 3.17. The first-order valence-electron chi connectivity index (χ1n) is 5.55. The molecule has 0 rings (SSSR count). The Balaban J connectivity index is 3.97. The summed E-state index contributed by atoms with van der Waals surface area (Å²) in [5.41, 5.74) is 0.396. The summed E-state index contributed by atoms with van der Waals surface area (Å²) in [6.45, 7) is 13.7. The molecule has 1 atom stereocenters. The maximum atomic E-state index is 4.41. The van der Waals surface area contributed by atoms with Crippen molar-refractivity contribution in [3.8, 4) is 0 Å². The zero-order valence-electron chi connectivity index (χ0n) is 10.7. The van der Waals surface area contributed by atoms with Crippen molar-refractivity contribution in [1.82, 2.24) is 4.90 Å². The van der Waals surface area contributed by atoms with Crippen LogP contribution in [0.15, 0.2) is 0 Å². The smallest absolute Gasteiger partial charge is 0.00271 e. The van der Waals surface area contributed by atoms with E-state index in [0.717, 1.165) is 18.2 Å². The lowest BCUT2D eigenvalue weighted by Gasteiger charge is -2.30. The molecule has 86 valence electrons. The van der Waals surface area contributed by atoms with Gasteiger partial charge in [-0.1, -0.05) is 34.6 Å². The first-order chi connectivity index (χ1) is 6.26. The highest BCUT2D eigenvalue weighted by atomic mass is 32.1. The molecule has 0 spiro atoms. The van der Waals surface area contributed by atoms with E-state index in [4.69, 9.17) is 0 Å². The van der Waals surface area contributed by atoms with Crippen LogP contribution in [0.25, 0.3) is 0 Å². The van der Waals surface area contributed by atoms with Crippen LogP contribution in [-0.4, -0.2) is 30.8 Å². The van der Waals surface area contributed by atoms with Crippen LogP contribution >= 0.6 is 12.6 Å². The van der Waals surface area contributed by atoms with Crippen molar-refractivity contribution in [3.05, 3.63) is 0 Å². The Hall–Kier alpha value is 0.310. The molecule has 0 saturated heterocycles.